The predicted molar refractivity (Wildman–Crippen MR) is 87.4 cm³/mol. The van der Waals surface area contributed by atoms with Crippen LogP contribution < -0.4 is 11.1 Å². The van der Waals surface area contributed by atoms with Crippen molar-refractivity contribution in [1.82, 2.24) is 5.32 Å². The Labute approximate surface area is 127 Å². The molecule has 1 aliphatic heterocycles. The average Bonchev–Trinajstić information content (AvgIpc) is 2.71. The minimum atomic E-state index is 0. The molecule has 0 aliphatic carbocycles. The standard InChI is InChI=1S/C13H23N3O.HI/c1-9(2)7-15-13(14)16-8-11-5-6-17-12(11)10(3)4;/h11-12H,1,3,5-8H2,2,4H3,(H3,14,15,16);1H. The van der Waals surface area contributed by atoms with Crippen LogP contribution >= 0.6 is 24.0 Å². The average molecular weight is 365 g/mol. The lowest BCUT2D eigenvalue weighted by Crippen LogP contribution is -2.38. The zero-order valence-electron chi connectivity index (χ0n) is 11.2. The number of nitrogens with zero attached hydrogens (tertiary/aromatic N) is 1. The largest absolute Gasteiger partial charge is 0.374 e. The van der Waals surface area contributed by atoms with E-state index in [1.165, 1.54) is 0 Å². The minimum absolute atomic E-state index is 0. The first kappa shape index (κ1) is 17.4. The molecule has 0 aromatic carbocycles. The quantitative estimate of drug-likeness (QED) is 0.339. The fourth-order valence-corrected chi connectivity index (χ4v) is 1.90. The topological polar surface area (TPSA) is 59.6 Å². The minimum Gasteiger partial charge on any atom is -0.374 e. The summed E-state index contributed by atoms with van der Waals surface area (Å²) in [7, 11) is 0. The van der Waals surface area contributed by atoms with E-state index in [9.17, 15) is 0 Å². The van der Waals surface area contributed by atoms with Gasteiger partial charge in [-0.3, -0.25) is 0 Å². The van der Waals surface area contributed by atoms with Gasteiger partial charge in [-0.05, 0) is 20.3 Å². The van der Waals surface area contributed by atoms with Gasteiger partial charge in [0.2, 0.25) is 0 Å². The second kappa shape index (κ2) is 8.53. The van der Waals surface area contributed by atoms with Crippen LogP contribution in [0.4, 0.5) is 0 Å². The van der Waals surface area contributed by atoms with Crippen LogP contribution in [0.15, 0.2) is 29.3 Å². The van der Waals surface area contributed by atoms with Gasteiger partial charge >= 0.3 is 0 Å². The predicted octanol–water partition coefficient (Wildman–Crippen LogP) is 2.07. The second-order valence-corrected chi connectivity index (χ2v) is 4.73. The summed E-state index contributed by atoms with van der Waals surface area (Å²) in [4.78, 5) is 4.18. The first-order chi connectivity index (χ1) is 8.00. The highest BCUT2D eigenvalue weighted by molar-refractivity contribution is 14.0. The van der Waals surface area contributed by atoms with Crippen LogP contribution in [0.2, 0.25) is 0 Å². The second-order valence-electron chi connectivity index (χ2n) is 4.73. The van der Waals surface area contributed by atoms with Crippen molar-refractivity contribution in [3.8, 4) is 0 Å². The summed E-state index contributed by atoms with van der Waals surface area (Å²) >= 11 is 0. The molecule has 3 N–H and O–H groups in total. The van der Waals surface area contributed by atoms with Gasteiger partial charge < -0.3 is 15.8 Å². The first-order valence-corrected chi connectivity index (χ1v) is 5.96. The number of halogens is 1. The van der Waals surface area contributed by atoms with Crippen LogP contribution in [0.25, 0.3) is 0 Å². The lowest BCUT2D eigenvalue weighted by molar-refractivity contribution is 0.119. The van der Waals surface area contributed by atoms with Crippen LogP contribution in [-0.4, -0.2) is 31.8 Å². The van der Waals surface area contributed by atoms with Gasteiger partial charge in [0.05, 0.1) is 12.6 Å². The van der Waals surface area contributed by atoms with E-state index in [0.717, 1.165) is 30.7 Å². The highest BCUT2D eigenvalue weighted by atomic mass is 127. The van der Waals surface area contributed by atoms with Gasteiger partial charge in [-0.2, -0.15) is 0 Å². The van der Waals surface area contributed by atoms with Crippen LogP contribution in [-0.2, 0) is 4.74 Å². The third-order valence-corrected chi connectivity index (χ3v) is 2.76. The van der Waals surface area contributed by atoms with Gasteiger partial charge in [0.1, 0.15) is 0 Å². The Hall–Kier alpha value is -0.560. The monoisotopic (exact) mass is 365 g/mol. The molecule has 4 nitrogen and oxygen atoms in total. The molecule has 0 radical (unpaired) electrons. The van der Waals surface area contributed by atoms with Crippen molar-refractivity contribution in [3.05, 3.63) is 24.3 Å². The molecule has 1 fully saturated rings. The maximum Gasteiger partial charge on any atom is 0.188 e. The van der Waals surface area contributed by atoms with Crippen molar-refractivity contribution in [2.45, 2.75) is 26.4 Å². The van der Waals surface area contributed by atoms with E-state index in [2.05, 4.69) is 23.5 Å². The number of hydrogen-bond donors (Lipinski definition) is 2. The van der Waals surface area contributed by atoms with Gasteiger partial charge in [0.25, 0.3) is 0 Å². The fraction of sp³-hybridized carbons (Fsp3) is 0.615. The number of hydrogen-bond acceptors (Lipinski definition) is 2. The van der Waals surface area contributed by atoms with E-state index in [0.29, 0.717) is 18.4 Å². The zero-order valence-corrected chi connectivity index (χ0v) is 13.6. The molecule has 2 atom stereocenters. The van der Waals surface area contributed by atoms with Crippen molar-refractivity contribution >= 4 is 29.9 Å². The summed E-state index contributed by atoms with van der Waals surface area (Å²) in [5, 5.41) is 3.13. The van der Waals surface area contributed by atoms with Crippen LogP contribution in [0.1, 0.15) is 20.3 Å². The van der Waals surface area contributed by atoms with E-state index in [-0.39, 0.29) is 30.1 Å². The normalized spacial score (nSPS) is 23.3. The van der Waals surface area contributed by atoms with Crippen LogP contribution in [0.5, 0.6) is 0 Å². The highest BCUT2D eigenvalue weighted by Gasteiger charge is 2.28. The molecule has 0 aromatic heterocycles. The maximum absolute atomic E-state index is 5.76. The number of nitrogens with one attached hydrogen (secondary N) is 1. The van der Waals surface area contributed by atoms with Crippen molar-refractivity contribution in [2.24, 2.45) is 16.6 Å². The Morgan fingerprint density at radius 3 is 2.67 bits per heavy atom. The summed E-state index contributed by atoms with van der Waals surface area (Å²) in [6.45, 7) is 13.8. The smallest absolute Gasteiger partial charge is 0.188 e. The van der Waals surface area contributed by atoms with Gasteiger partial charge in [-0.1, -0.05) is 24.3 Å². The summed E-state index contributed by atoms with van der Waals surface area (Å²) < 4.78 is 5.62. The Balaban J connectivity index is 0.00000289. The molecule has 0 spiro atoms. The van der Waals surface area contributed by atoms with Crippen molar-refractivity contribution in [1.29, 1.82) is 0 Å². The molecule has 0 amide bonds. The molecule has 104 valence electrons. The Morgan fingerprint density at radius 1 is 1.44 bits per heavy atom. The van der Waals surface area contributed by atoms with Crippen molar-refractivity contribution in [2.75, 3.05) is 19.7 Å². The first-order valence-electron chi connectivity index (χ1n) is 5.96. The van der Waals surface area contributed by atoms with Gasteiger partial charge in [0.15, 0.2) is 5.96 Å². The number of nitrogens with two attached hydrogens (primary N) is 1. The summed E-state index contributed by atoms with van der Waals surface area (Å²) in [5.74, 6) is 0.909. The third-order valence-electron chi connectivity index (χ3n) is 2.76. The molecule has 0 aromatic rings. The van der Waals surface area contributed by atoms with E-state index < -0.39 is 0 Å². The summed E-state index contributed by atoms with van der Waals surface area (Å²) in [6, 6.07) is 0. The lowest BCUT2D eigenvalue weighted by atomic mass is 9.97. The summed E-state index contributed by atoms with van der Waals surface area (Å²) in [5.41, 5.74) is 7.83. The molecule has 1 aliphatic rings. The Bertz CT molecular complexity index is 328. The number of guanidine groups is 1. The molecule has 2 unspecified atom stereocenters. The Kier molecular flexibility index (Phi) is 8.26. The van der Waals surface area contributed by atoms with E-state index in [1.807, 2.05) is 13.8 Å². The molecule has 1 heterocycles. The molecule has 1 saturated heterocycles. The van der Waals surface area contributed by atoms with Crippen molar-refractivity contribution < 1.29 is 4.74 Å². The summed E-state index contributed by atoms with van der Waals surface area (Å²) in [6.07, 6.45) is 1.19. The third kappa shape index (κ3) is 5.86. The van der Waals surface area contributed by atoms with Crippen LogP contribution in [0, 0.1) is 5.92 Å². The molecular formula is C13H24IN3O. The molecule has 18 heavy (non-hydrogen) atoms. The van der Waals surface area contributed by atoms with E-state index in [4.69, 9.17) is 10.5 Å². The molecule has 1 rings (SSSR count). The maximum atomic E-state index is 5.76. The number of ether oxygens (including phenoxy) is 1. The van der Waals surface area contributed by atoms with E-state index in [1.54, 1.807) is 0 Å². The van der Waals surface area contributed by atoms with Gasteiger partial charge in [-0.25, -0.2) is 4.99 Å². The van der Waals surface area contributed by atoms with Gasteiger partial charge in [-0.15, -0.1) is 24.0 Å². The molecule has 0 bridgehead atoms. The number of aliphatic imine (C=N–C) groups is 1. The van der Waals surface area contributed by atoms with Crippen molar-refractivity contribution in [3.63, 3.8) is 0 Å². The van der Waals surface area contributed by atoms with Crippen LogP contribution in [0.3, 0.4) is 0 Å². The highest BCUT2D eigenvalue weighted by Crippen LogP contribution is 2.24. The molecular weight excluding hydrogens is 341 g/mol. The lowest BCUT2D eigenvalue weighted by Gasteiger charge is -2.19. The molecule has 0 saturated carbocycles. The van der Waals surface area contributed by atoms with Gasteiger partial charge in [0, 0.05) is 19.1 Å². The molecule has 5 heteroatoms. The number of rotatable bonds is 5. The van der Waals surface area contributed by atoms with E-state index >= 15 is 0 Å². The SMILES string of the molecule is C=C(C)CN=C(N)NCC1CCOC1C(=C)C.I. The Morgan fingerprint density at radius 2 is 2.11 bits per heavy atom. The zero-order chi connectivity index (χ0) is 12.8. The fourth-order valence-electron chi connectivity index (χ4n) is 1.90.